The van der Waals surface area contributed by atoms with Crippen LogP contribution in [0.1, 0.15) is 38.9 Å². The van der Waals surface area contributed by atoms with Crippen LogP contribution in [0.4, 0.5) is 31.3 Å². The normalized spacial score (nSPS) is 11.9. The number of carbonyl (C=O) groups excluding carboxylic acids is 2. The van der Waals surface area contributed by atoms with E-state index in [1.807, 2.05) is 0 Å². The first-order valence-corrected chi connectivity index (χ1v) is 12.1. The lowest BCUT2D eigenvalue weighted by atomic mass is 10.0. The Hall–Kier alpha value is -4.40. The number of nitrogens with zero attached hydrogens (tertiary/aromatic N) is 2. The molecule has 0 atom stereocenters. The van der Waals surface area contributed by atoms with Crippen molar-refractivity contribution in [1.29, 1.82) is 0 Å². The average Bonchev–Trinajstić information content (AvgIpc) is 3.31. The molecule has 0 saturated heterocycles. The smallest absolute Gasteiger partial charge is 0.416 e. The molecule has 1 N–H and O–H groups in total. The Balaban J connectivity index is 1.88. The van der Waals surface area contributed by atoms with Crippen molar-refractivity contribution in [1.82, 2.24) is 9.78 Å². The minimum absolute atomic E-state index is 0.0366. The van der Waals surface area contributed by atoms with Crippen LogP contribution in [0.15, 0.2) is 52.6 Å². The molecule has 4 rings (SSSR count). The third-order valence-corrected chi connectivity index (χ3v) is 6.39. The van der Waals surface area contributed by atoms with Gasteiger partial charge in [0.2, 0.25) is 0 Å². The summed E-state index contributed by atoms with van der Waals surface area (Å²) in [6, 6.07) is 6.45. The molecule has 8 nitrogen and oxygen atoms in total. The molecule has 0 aliphatic carbocycles. The monoisotopic (exact) mass is 585 g/mol. The van der Waals surface area contributed by atoms with Crippen molar-refractivity contribution in [3.05, 3.63) is 80.6 Å². The minimum atomic E-state index is -5.17. The minimum Gasteiger partial charge on any atom is -0.497 e. The van der Waals surface area contributed by atoms with Gasteiger partial charge in [0.15, 0.2) is 5.69 Å². The third kappa shape index (κ3) is 5.64. The predicted octanol–water partition coefficient (Wildman–Crippen LogP) is 5.92. The van der Waals surface area contributed by atoms with Crippen LogP contribution in [-0.4, -0.2) is 35.4 Å². The number of rotatable bonds is 6. The molecule has 2 aromatic carbocycles. The van der Waals surface area contributed by atoms with E-state index in [-0.39, 0.29) is 52.0 Å². The molecule has 210 valence electrons. The van der Waals surface area contributed by atoms with Gasteiger partial charge in [-0.15, -0.1) is 11.3 Å². The number of methoxy groups -OCH3 is 1. The van der Waals surface area contributed by atoms with Crippen LogP contribution in [-0.2, 0) is 17.1 Å². The quantitative estimate of drug-likeness (QED) is 0.223. The van der Waals surface area contributed by atoms with E-state index in [0.717, 1.165) is 16.0 Å². The van der Waals surface area contributed by atoms with Crippen molar-refractivity contribution in [3.8, 4) is 11.4 Å². The number of alkyl halides is 6. The molecular weight excluding hydrogens is 568 g/mol. The Bertz CT molecular complexity index is 1640. The van der Waals surface area contributed by atoms with Gasteiger partial charge >= 0.3 is 18.3 Å². The fourth-order valence-corrected chi connectivity index (χ4v) is 4.60. The molecule has 0 fully saturated rings. The van der Waals surface area contributed by atoms with E-state index < -0.39 is 46.5 Å². The largest absolute Gasteiger partial charge is 0.497 e. The molecule has 0 spiro atoms. The fourth-order valence-electron chi connectivity index (χ4n) is 3.67. The van der Waals surface area contributed by atoms with Gasteiger partial charge in [-0.2, -0.15) is 36.1 Å². The van der Waals surface area contributed by atoms with Gasteiger partial charge in [0.1, 0.15) is 10.8 Å². The van der Waals surface area contributed by atoms with E-state index >= 15 is 0 Å². The van der Waals surface area contributed by atoms with E-state index in [1.54, 1.807) is 12.1 Å². The van der Waals surface area contributed by atoms with Gasteiger partial charge in [-0.25, -0.2) is 4.79 Å². The Morgan fingerprint density at radius 3 is 2.25 bits per heavy atom. The molecule has 4 aromatic rings. The van der Waals surface area contributed by atoms with Crippen LogP contribution in [0.3, 0.4) is 0 Å². The molecule has 0 aliphatic heterocycles. The number of halogens is 6. The number of carbonyl (C=O) groups is 2. The van der Waals surface area contributed by atoms with Crippen LogP contribution in [0.5, 0.6) is 5.75 Å². The van der Waals surface area contributed by atoms with Crippen LogP contribution >= 0.6 is 11.3 Å². The van der Waals surface area contributed by atoms with Gasteiger partial charge in [0.25, 0.3) is 11.5 Å². The van der Waals surface area contributed by atoms with Crippen molar-refractivity contribution < 1.29 is 45.4 Å². The Kier molecular flexibility index (Phi) is 7.61. The fraction of sp³-hybridized carbons (Fsp3) is 0.200. The molecule has 2 heterocycles. The standard InChI is InChI=1S/C25H17F6N3O5S/c1-3-39-23(37)19-17-11-40-21(18(17)22(36)34(33-19)15-5-4-6-16(10-15)38-2)32-20(35)12-7-13(24(26,27)28)9-14(8-12)25(29,30)31/h4-11H,3H2,1-2H3,(H,32,35). The lowest BCUT2D eigenvalue weighted by Crippen LogP contribution is -2.25. The zero-order valence-electron chi connectivity index (χ0n) is 20.4. The van der Waals surface area contributed by atoms with Crippen LogP contribution < -0.4 is 15.6 Å². The molecule has 1 amide bonds. The molecule has 2 aromatic heterocycles. The summed E-state index contributed by atoms with van der Waals surface area (Å²) in [5.41, 5.74) is -5.30. The average molecular weight is 585 g/mol. The van der Waals surface area contributed by atoms with Crippen molar-refractivity contribution in [2.75, 3.05) is 19.0 Å². The highest BCUT2D eigenvalue weighted by atomic mass is 32.1. The maximum Gasteiger partial charge on any atom is 0.416 e. The third-order valence-electron chi connectivity index (χ3n) is 5.50. The van der Waals surface area contributed by atoms with Gasteiger partial charge in [-0.3, -0.25) is 9.59 Å². The number of hydrogen-bond acceptors (Lipinski definition) is 7. The number of anilines is 1. The molecule has 0 radical (unpaired) electrons. The Morgan fingerprint density at radius 2 is 1.68 bits per heavy atom. The lowest BCUT2D eigenvalue weighted by Gasteiger charge is -2.14. The Morgan fingerprint density at radius 1 is 1.02 bits per heavy atom. The van der Waals surface area contributed by atoms with Gasteiger partial charge in [-0.1, -0.05) is 6.07 Å². The van der Waals surface area contributed by atoms with Crippen LogP contribution in [0, 0.1) is 0 Å². The summed E-state index contributed by atoms with van der Waals surface area (Å²) in [5.74, 6) is -1.91. The highest BCUT2D eigenvalue weighted by Crippen LogP contribution is 2.37. The maximum absolute atomic E-state index is 13.5. The topological polar surface area (TPSA) is 99.5 Å². The van der Waals surface area contributed by atoms with E-state index in [2.05, 4.69) is 10.4 Å². The second-order valence-electron chi connectivity index (χ2n) is 8.09. The summed E-state index contributed by atoms with van der Waals surface area (Å²) < 4.78 is 90.7. The SMILES string of the molecule is CCOC(=O)c1nn(-c2cccc(OC)c2)c(=O)c2c(NC(=O)c3cc(C(F)(F)F)cc(C(F)(F)F)c3)scc12. The van der Waals surface area contributed by atoms with E-state index in [4.69, 9.17) is 9.47 Å². The highest BCUT2D eigenvalue weighted by Gasteiger charge is 2.37. The predicted molar refractivity (Wildman–Crippen MR) is 132 cm³/mol. The van der Waals surface area contributed by atoms with Crippen molar-refractivity contribution in [2.24, 2.45) is 0 Å². The number of benzene rings is 2. The van der Waals surface area contributed by atoms with E-state index in [9.17, 15) is 40.7 Å². The first-order chi connectivity index (χ1) is 18.7. The number of aromatic nitrogens is 2. The molecule has 0 aliphatic rings. The van der Waals surface area contributed by atoms with Crippen LogP contribution in [0.2, 0.25) is 0 Å². The van der Waals surface area contributed by atoms with Crippen LogP contribution in [0.25, 0.3) is 16.5 Å². The number of ether oxygens (including phenoxy) is 2. The van der Waals surface area contributed by atoms with Gasteiger partial charge in [-0.05, 0) is 37.3 Å². The van der Waals surface area contributed by atoms with Crippen molar-refractivity contribution in [2.45, 2.75) is 19.3 Å². The summed E-state index contributed by atoms with van der Waals surface area (Å²) in [5, 5.41) is 7.07. The van der Waals surface area contributed by atoms with Gasteiger partial charge in [0.05, 0.1) is 35.9 Å². The summed E-state index contributed by atoms with van der Waals surface area (Å²) in [7, 11) is 1.38. The molecule has 0 bridgehead atoms. The zero-order valence-corrected chi connectivity index (χ0v) is 21.3. The first kappa shape index (κ1) is 28.6. The zero-order chi connectivity index (χ0) is 29.4. The molecular formula is C25H17F6N3O5S. The lowest BCUT2D eigenvalue weighted by molar-refractivity contribution is -0.143. The maximum atomic E-state index is 13.5. The summed E-state index contributed by atoms with van der Waals surface area (Å²) in [4.78, 5) is 39.1. The first-order valence-electron chi connectivity index (χ1n) is 11.2. The number of nitrogens with one attached hydrogen (secondary N) is 1. The molecule has 15 heteroatoms. The summed E-state index contributed by atoms with van der Waals surface area (Å²) in [6.45, 7) is 1.50. The van der Waals surface area contributed by atoms with E-state index in [1.165, 1.54) is 31.5 Å². The second-order valence-corrected chi connectivity index (χ2v) is 8.97. The van der Waals surface area contributed by atoms with Crippen molar-refractivity contribution in [3.63, 3.8) is 0 Å². The number of amides is 1. The summed E-state index contributed by atoms with van der Waals surface area (Å²) in [6.07, 6.45) is -10.3. The summed E-state index contributed by atoms with van der Waals surface area (Å²) >= 11 is 0.719. The van der Waals surface area contributed by atoms with Crippen molar-refractivity contribution >= 4 is 39.0 Å². The van der Waals surface area contributed by atoms with Gasteiger partial charge < -0.3 is 14.8 Å². The highest BCUT2D eigenvalue weighted by molar-refractivity contribution is 7.16. The van der Waals surface area contributed by atoms with Gasteiger partial charge in [0, 0.05) is 22.4 Å². The number of esters is 1. The number of thiophene rings is 1. The Labute approximate surface area is 224 Å². The number of fused-ring (bicyclic) bond motifs is 1. The molecule has 40 heavy (non-hydrogen) atoms. The van der Waals surface area contributed by atoms with E-state index in [0.29, 0.717) is 5.75 Å². The molecule has 0 saturated carbocycles. The molecule has 0 unspecified atom stereocenters. The number of hydrogen-bond donors (Lipinski definition) is 1. The second kappa shape index (κ2) is 10.6.